The zero-order valence-electron chi connectivity index (χ0n) is 9.38. The van der Waals surface area contributed by atoms with Gasteiger partial charge in [0.2, 0.25) is 11.7 Å². The highest BCUT2D eigenvalue weighted by atomic mass is 16.6. The molecule has 0 aliphatic rings. The van der Waals surface area contributed by atoms with Gasteiger partial charge in [0.1, 0.15) is 12.0 Å². The number of aromatic nitrogens is 3. The van der Waals surface area contributed by atoms with Gasteiger partial charge in [-0.05, 0) is 6.92 Å². The first-order chi connectivity index (χ1) is 8.06. The van der Waals surface area contributed by atoms with Crippen LogP contribution in [-0.4, -0.2) is 19.7 Å². The van der Waals surface area contributed by atoms with Crippen LogP contribution in [0.2, 0.25) is 0 Å². The Morgan fingerprint density at radius 1 is 1.65 bits per heavy atom. The fraction of sp³-hybridized carbons (Fsp3) is 0.333. The molecule has 0 aliphatic heterocycles. The van der Waals surface area contributed by atoms with Gasteiger partial charge in [-0.3, -0.25) is 14.8 Å². The Bertz CT molecular complexity index is 545. The van der Waals surface area contributed by atoms with Crippen molar-refractivity contribution in [3.05, 3.63) is 34.2 Å². The molecule has 0 aliphatic carbocycles. The molecular weight excluding hydrogens is 226 g/mol. The number of aryl methyl sites for hydroxylation is 2. The lowest BCUT2D eigenvalue weighted by molar-refractivity contribution is -0.384. The third-order valence-electron chi connectivity index (χ3n) is 2.08. The van der Waals surface area contributed by atoms with Gasteiger partial charge in [-0.15, -0.1) is 5.10 Å². The normalized spacial score (nSPS) is 10.5. The Morgan fingerprint density at radius 3 is 3.00 bits per heavy atom. The molecule has 90 valence electrons. The Morgan fingerprint density at radius 2 is 2.41 bits per heavy atom. The summed E-state index contributed by atoms with van der Waals surface area (Å²) in [6.07, 6.45) is 2.92. The summed E-state index contributed by atoms with van der Waals surface area (Å²) in [5, 5.41) is 17.5. The van der Waals surface area contributed by atoms with Gasteiger partial charge in [0.25, 0.3) is 0 Å². The van der Waals surface area contributed by atoms with Gasteiger partial charge < -0.3 is 9.73 Å². The van der Waals surface area contributed by atoms with Crippen LogP contribution in [0.1, 0.15) is 11.7 Å². The number of rotatable bonds is 4. The molecule has 8 nitrogen and oxygen atoms in total. The van der Waals surface area contributed by atoms with Crippen LogP contribution in [0.25, 0.3) is 0 Å². The summed E-state index contributed by atoms with van der Waals surface area (Å²) in [6.45, 7) is 2.03. The fourth-order valence-corrected chi connectivity index (χ4v) is 1.38. The second kappa shape index (κ2) is 4.24. The minimum Gasteiger partial charge on any atom is -0.444 e. The summed E-state index contributed by atoms with van der Waals surface area (Å²) in [4.78, 5) is 14.2. The minimum atomic E-state index is -0.490. The van der Waals surface area contributed by atoms with Gasteiger partial charge in [-0.25, -0.2) is 4.98 Å². The van der Waals surface area contributed by atoms with Gasteiger partial charge in [-0.2, -0.15) is 0 Å². The predicted molar refractivity (Wildman–Crippen MR) is 58.4 cm³/mol. The van der Waals surface area contributed by atoms with Crippen molar-refractivity contribution >= 4 is 11.5 Å². The van der Waals surface area contributed by atoms with Crippen LogP contribution < -0.4 is 5.32 Å². The van der Waals surface area contributed by atoms with E-state index in [4.69, 9.17) is 4.42 Å². The van der Waals surface area contributed by atoms with Crippen LogP contribution in [0.3, 0.4) is 0 Å². The summed E-state index contributed by atoms with van der Waals surface area (Å²) in [7, 11) is 1.62. The second-order valence-corrected chi connectivity index (χ2v) is 3.51. The highest BCUT2D eigenvalue weighted by Gasteiger charge is 2.18. The van der Waals surface area contributed by atoms with Gasteiger partial charge in [0.05, 0.1) is 17.7 Å². The number of hydrogen-bond acceptors (Lipinski definition) is 6. The van der Waals surface area contributed by atoms with Crippen molar-refractivity contribution in [2.75, 3.05) is 5.32 Å². The van der Waals surface area contributed by atoms with E-state index >= 15 is 0 Å². The number of nitro groups is 1. The molecule has 0 amide bonds. The van der Waals surface area contributed by atoms with E-state index in [1.54, 1.807) is 20.2 Å². The Hall–Kier alpha value is -2.38. The van der Waals surface area contributed by atoms with Crippen molar-refractivity contribution in [2.24, 2.45) is 7.05 Å². The SMILES string of the molecule is Cc1cnc(CNc2nn(C)cc2[N+](=O)[O-])o1. The first-order valence-electron chi connectivity index (χ1n) is 4.89. The molecule has 17 heavy (non-hydrogen) atoms. The molecule has 0 bridgehead atoms. The first kappa shape index (κ1) is 11.1. The molecule has 1 N–H and O–H groups in total. The Balaban J connectivity index is 2.11. The van der Waals surface area contributed by atoms with E-state index in [-0.39, 0.29) is 18.1 Å². The lowest BCUT2D eigenvalue weighted by Gasteiger charge is -1.98. The fourth-order valence-electron chi connectivity index (χ4n) is 1.38. The summed E-state index contributed by atoms with van der Waals surface area (Å²) < 4.78 is 6.61. The van der Waals surface area contributed by atoms with Crippen LogP contribution in [0.4, 0.5) is 11.5 Å². The summed E-state index contributed by atoms with van der Waals surface area (Å²) in [5.41, 5.74) is -0.0734. The van der Waals surface area contributed by atoms with Gasteiger partial charge >= 0.3 is 5.69 Å². The quantitative estimate of drug-likeness (QED) is 0.634. The molecule has 0 radical (unpaired) electrons. The molecule has 2 heterocycles. The maximum absolute atomic E-state index is 10.7. The number of oxazole rings is 1. The number of anilines is 1. The van der Waals surface area contributed by atoms with Crippen molar-refractivity contribution in [3.8, 4) is 0 Å². The van der Waals surface area contributed by atoms with Gasteiger partial charge in [0.15, 0.2) is 0 Å². The molecule has 0 fully saturated rings. The van der Waals surface area contributed by atoms with Crippen LogP contribution in [0, 0.1) is 17.0 Å². The average Bonchev–Trinajstić information content (AvgIpc) is 2.82. The number of nitrogens with one attached hydrogen (secondary N) is 1. The zero-order chi connectivity index (χ0) is 12.4. The topological polar surface area (TPSA) is 99.0 Å². The van der Waals surface area contributed by atoms with Crippen LogP contribution >= 0.6 is 0 Å². The maximum Gasteiger partial charge on any atom is 0.330 e. The van der Waals surface area contributed by atoms with E-state index in [1.165, 1.54) is 10.9 Å². The average molecular weight is 237 g/mol. The summed E-state index contributed by atoms with van der Waals surface area (Å²) in [5.74, 6) is 1.35. The van der Waals surface area contributed by atoms with Crippen LogP contribution in [-0.2, 0) is 13.6 Å². The molecular formula is C9H11N5O3. The molecule has 8 heteroatoms. The highest BCUT2D eigenvalue weighted by Crippen LogP contribution is 2.21. The van der Waals surface area contributed by atoms with E-state index in [1.807, 2.05) is 0 Å². The number of hydrogen-bond donors (Lipinski definition) is 1. The van der Waals surface area contributed by atoms with Crippen molar-refractivity contribution < 1.29 is 9.34 Å². The number of nitrogens with zero attached hydrogens (tertiary/aromatic N) is 4. The van der Waals surface area contributed by atoms with E-state index in [0.717, 1.165) is 0 Å². The molecule has 0 saturated heterocycles. The molecule has 2 rings (SSSR count). The predicted octanol–water partition coefficient (Wildman–Crippen LogP) is 1.24. The molecule has 0 aromatic carbocycles. The highest BCUT2D eigenvalue weighted by molar-refractivity contribution is 5.54. The van der Waals surface area contributed by atoms with Gasteiger partial charge in [0, 0.05) is 7.05 Å². The monoisotopic (exact) mass is 237 g/mol. The van der Waals surface area contributed by atoms with Crippen molar-refractivity contribution in [3.63, 3.8) is 0 Å². The third-order valence-corrected chi connectivity index (χ3v) is 2.08. The van der Waals surface area contributed by atoms with Gasteiger partial charge in [-0.1, -0.05) is 0 Å². The first-order valence-corrected chi connectivity index (χ1v) is 4.89. The minimum absolute atomic E-state index is 0.0734. The molecule has 0 atom stereocenters. The largest absolute Gasteiger partial charge is 0.444 e. The molecule has 2 aromatic rings. The second-order valence-electron chi connectivity index (χ2n) is 3.51. The Kier molecular flexibility index (Phi) is 2.77. The smallest absolute Gasteiger partial charge is 0.330 e. The van der Waals surface area contributed by atoms with E-state index in [2.05, 4.69) is 15.4 Å². The van der Waals surface area contributed by atoms with E-state index < -0.39 is 4.92 Å². The van der Waals surface area contributed by atoms with Crippen molar-refractivity contribution in [2.45, 2.75) is 13.5 Å². The van der Waals surface area contributed by atoms with Crippen LogP contribution in [0.15, 0.2) is 16.8 Å². The lowest BCUT2D eigenvalue weighted by Crippen LogP contribution is -2.02. The molecule has 0 spiro atoms. The third kappa shape index (κ3) is 2.41. The molecule has 0 unspecified atom stereocenters. The lowest BCUT2D eigenvalue weighted by atomic mass is 10.5. The summed E-state index contributed by atoms with van der Waals surface area (Å²) in [6, 6.07) is 0. The molecule has 0 saturated carbocycles. The van der Waals surface area contributed by atoms with E-state index in [9.17, 15) is 10.1 Å². The van der Waals surface area contributed by atoms with Crippen molar-refractivity contribution in [1.82, 2.24) is 14.8 Å². The zero-order valence-corrected chi connectivity index (χ0v) is 9.38. The van der Waals surface area contributed by atoms with Crippen LogP contribution in [0.5, 0.6) is 0 Å². The van der Waals surface area contributed by atoms with E-state index in [0.29, 0.717) is 11.7 Å². The molecule has 2 aromatic heterocycles. The summed E-state index contributed by atoms with van der Waals surface area (Å²) >= 11 is 0. The van der Waals surface area contributed by atoms with Crippen molar-refractivity contribution in [1.29, 1.82) is 0 Å². The Labute approximate surface area is 96.4 Å². The maximum atomic E-state index is 10.7. The standard InChI is InChI=1S/C9H11N5O3/c1-6-3-10-8(17-6)4-11-9-7(14(15)16)5-13(2)12-9/h3,5H,4H2,1-2H3,(H,11,12).